The van der Waals surface area contributed by atoms with E-state index in [1.54, 1.807) is 11.9 Å². The summed E-state index contributed by atoms with van der Waals surface area (Å²) in [5.74, 6) is -0.864. The van der Waals surface area contributed by atoms with Gasteiger partial charge in [-0.05, 0) is 48.7 Å². The molecule has 0 aromatic heterocycles. The highest BCUT2D eigenvalue weighted by molar-refractivity contribution is 6.63. The van der Waals surface area contributed by atoms with Gasteiger partial charge in [-0.2, -0.15) is 0 Å². The van der Waals surface area contributed by atoms with E-state index in [0.29, 0.717) is 31.6 Å². The minimum atomic E-state index is -0.987. The van der Waals surface area contributed by atoms with Crippen molar-refractivity contribution in [3.8, 4) is 0 Å². The molecule has 2 rings (SSSR count). The number of carbonyl (C=O) groups is 3. The summed E-state index contributed by atoms with van der Waals surface area (Å²) in [5.41, 5.74) is -0.425. The maximum atomic E-state index is 13.0. The average Bonchev–Trinajstić information content (AvgIpc) is 2.60. The Balaban J connectivity index is 2.06. The van der Waals surface area contributed by atoms with E-state index in [1.807, 2.05) is 0 Å². The molecular weight excluding hydrogens is 351 g/mol. The maximum Gasteiger partial charge on any atom is 0.324 e. The topological polar surface area (TPSA) is 66.9 Å². The lowest BCUT2D eigenvalue weighted by Gasteiger charge is -2.40. The summed E-state index contributed by atoms with van der Waals surface area (Å²) >= 11 is 5.48. The van der Waals surface area contributed by atoms with Crippen LogP contribution in [0.15, 0.2) is 24.3 Å². The molecule has 1 aromatic rings. The van der Waals surface area contributed by atoms with Crippen molar-refractivity contribution in [3.05, 3.63) is 30.1 Å². The number of piperidine rings is 1. The van der Waals surface area contributed by atoms with Crippen LogP contribution < -0.4 is 4.90 Å². The van der Waals surface area contributed by atoms with Crippen LogP contribution in [0.2, 0.25) is 0 Å². The summed E-state index contributed by atoms with van der Waals surface area (Å²) in [4.78, 5) is 39.0. The van der Waals surface area contributed by atoms with Crippen molar-refractivity contribution in [2.75, 3.05) is 32.1 Å². The number of halogens is 2. The molecule has 0 saturated carbocycles. The zero-order valence-electron chi connectivity index (χ0n) is 14.1. The van der Waals surface area contributed by atoms with Gasteiger partial charge in [0.1, 0.15) is 5.82 Å². The first-order chi connectivity index (χ1) is 11.8. The lowest BCUT2D eigenvalue weighted by atomic mass is 9.76. The summed E-state index contributed by atoms with van der Waals surface area (Å²) in [6.07, 6.45) is 0.472. The van der Waals surface area contributed by atoms with Gasteiger partial charge in [0.05, 0.1) is 12.5 Å². The number of rotatable bonds is 4. The van der Waals surface area contributed by atoms with Gasteiger partial charge >= 0.3 is 12.0 Å². The number of hydrogen-bond donors (Lipinski definition) is 0. The third-order valence-electron chi connectivity index (χ3n) is 4.59. The van der Waals surface area contributed by atoms with Crippen molar-refractivity contribution in [2.24, 2.45) is 5.41 Å². The number of carbonyl (C=O) groups excluding carboxylic acids is 3. The minimum Gasteiger partial charge on any atom is -0.469 e. The molecule has 0 radical (unpaired) electrons. The number of hydrogen-bond acceptors (Lipinski definition) is 4. The summed E-state index contributed by atoms with van der Waals surface area (Å²) in [6, 6.07) is 5.33. The van der Waals surface area contributed by atoms with Gasteiger partial charge in [-0.25, -0.2) is 9.18 Å². The molecule has 0 spiro atoms. The van der Waals surface area contributed by atoms with Gasteiger partial charge in [-0.3, -0.25) is 14.5 Å². The number of urea groups is 1. The van der Waals surface area contributed by atoms with Gasteiger partial charge in [0.25, 0.3) is 0 Å². The first kappa shape index (κ1) is 19.2. The second kappa shape index (κ2) is 7.82. The third kappa shape index (κ3) is 4.28. The van der Waals surface area contributed by atoms with E-state index in [9.17, 15) is 18.8 Å². The van der Waals surface area contributed by atoms with E-state index in [2.05, 4.69) is 0 Å². The van der Waals surface area contributed by atoms with Gasteiger partial charge in [0, 0.05) is 32.2 Å². The van der Waals surface area contributed by atoms with Crippen LogP contribution in [0.25, 0.3) is 0 Å². The molecule has 8 heteroatoms. The van der Waals surface area contributed by atoms with Crippen LogP contribution in [-0.4, -0.2) is 49.4 Å². The molecule has 1 heterocycles. The summed E-state index contributed by atoms with van der Waals surface area (Å²) in [6.45, 7) is 0.591. The molecule has 1 saturated heterocycles. The van der Waals surface area contributed by atoms with Gasteiger partial charge in [0.2, 0.25) is 5.24 Å². The number of nitrogens with zero attached hydrogens (tertiary/aromatic N) is 2. The molecule has 1 aromatic carbocycles. The first-order valence-corrected chi connectivity index (χ1v) is 8.22. The van der Waals surface area contributed by atoms with E-state index in [0.717, 1.165) is 0 Å². The molecule has 0 atom stereocenters. The lowest BCUT2D eigenvalue weighted by Crippen LogP contribution is -2.50. The van der Waals surface area contributed by atoms with Gasteiger partial charge in [-0.1, -0.05) is 0 Å². The third-order valence-corrected chi connectivity index (χ3v) is 4.72. The van der Waals surface area contributed by atoms with Crippen molar-refractivity contribution in [1.82, 2.24) is 4.90 Å². The zero-order chi connectivity index (χ0) is 18.6. The first-order valence-electron chi connectivity index (χ1n) is 7.84. The maximum absolute atomic E-state index is 13.0. The predicted molar refractivity (Wildman–Crippen MR) is 90.9 cm³/mol. The van der Waals surface area contributed by atoms with Crippen LogP contribution in [0, 0.1) is 11.2 Å². The average molecular weight is 371 g/mol. The predicted octanol–water partition coefficient (Wildman–Crippen LogP) is 2.79. The van der Waals surface area contributed by atoms with Crippen molar-refractivity contribution >= 4 is 34.5 Å². The molecule has 1 aliphatic heterocycles. The molecule has 0 aliphatic carbocycles. The van der Waals surface area contributed by atoms with Crippen molar-refractivity contribution < 1.29 is 23.5 Å². The number of methoxy groups -OCH3 is 1. The Morgan fingerprint density at radius 1 is 1.24 bits per heavy atom. The lowest BCUT2D eigenvalue weighted by molar-refractivity contribution is -0.157. The van der Waals surface area contributed by atoms with E-state index in [-0.39, 0.29) is 18.3 Å². The van der Waals surface area contributed by atoms with Crippen LogP contribution in [0.4, 0.5) is 14.9 Å². The zero-order valence-corrected chi connectivity index (χ0v) is 14.9. The Hall–Kier alpha value is -2.15. The number of anilines is 1. The Kier molecular flexibility index (Phi) is 6.00. The highest BCUT2D eigenvalue weighted by Gasteiger charge is 2.44. The number of esters is 1. The highest BCUT2D eigenvalue weighted by atomic mass is 35.5. The number of likely N-dealkylation sites (tertiary alicyclic amines) is 1. The fourth-order valence-electron chi connectivity index (χ4n) is 3.05. The molecule has 6 nitrogen and oxygen atoms in total. The number of amides is 2. The van der Waals surface area contributed by atoms with Crippen molar-refractivity contribution in [3.63, 3.8) is 0 Å². The standard InChI is InChI=1S/C17H20ClFN2O4/c1-20(13-5-3-12(19)4-6-13)16(24)21-9-7-17(8-10-21,11-14(18)22)15(23)25-2/h3-6H,7-11H2,1-2H3. The van der Waals surface area contributed by atoms with Gasteiger partial charge in [0.15, 0.2) is 0 Å². The summed E-state index contributed by atoms with van der Waals surface area (Å²) in [5, 5.41) is -0.603. The van der Waals surface area contributed by atoms with Crippen LogP contribution in [0.1, 0.15) is 19.3 Å². The van der Waals surface area contributed by atoms with Gasteiger partial charge in [-0.15, -0.1) is 0 Å². The van der Waals surface area contributed by atoms with Crippen LogP contribution >= 0.6 is 11.6 Å². The van der Waals surface area contributed by atoms with Crippen LogP contribution in [0.3, 0.4) is 0 Å². The largest absolute Gasteiger partial charge is 0.469 e. The van der Waals surface area contributed by atoms with Crippen molar-refractivity contribution in [2.45, 2.75) is 19.3 Å². The number of ether oxygens (including phenoxy) is 1. The van der Waals surface area contributed by atoms with E-state index < -0.39 is 16.6 Å². The molecule has 25 heavy (non-hydrogen) atoms. The SMILES string of the molecule is COC(=O)C1(CC(=O)Cl)CCN(C(=O)N(C)c2ccc(F)cc2)CC1. The molecule has 0 N–H and O–H groups in total. The van der Waals surface area contributed by atoms with E-state index in [1.165, 1.54) is 36.3 Å². The van der Waals surface area contributed by atoms with Crippen molar-refractivity contribution in [1.29, 1.82) is 0 Å². The smallest absolute Gasteiger partial charge is 0.324 e. The van der Waals surface area contributed by atoms with Crippen LogP contribution in [0.5, 0.6) is 0 Å². The fourth-order valence-corrected chi connectivity index (χ4v) is 3.30. The Morgan fingerprint density at radius 2 is 1.80 bits per heavy atom. The molecule has 0 bridgehead atoms. The second-order valence-corrected chi connectivity index (χ2v) is 6.53. The molecule has 1 fully saturated rings. The highest BCUT2D eigenvalue weighted by Crippen LogP contribution is 2.37. The Morgan fingerprint density at radius 3 is 2.28 bits per heavy atom. The van der Waals surface area contributed by atoms with E-state index >= 15 is 0 Å². The number of benzene rings is 1. The summed E-state index contributed by atoms with van der Waals surface area (Å²) < 4.78 is 17.8. The fraction of sp³-hybridized carbons (Fsp3) is 0.471. The van der Waals surface area contributed by atoms with E-state index in [4.69, 9.17) is 16.3 Å². The molecule has 1 aliphatic rings. The molecule has 0 unspecified atom stereocenters. The molecular formula is C17H20ClFN2O4. The molecule has 2 amide bonds. The summed E-state index contributed by atoms with van der Waals surface area (Å²) in [7, 11) is 2.86. The Bertz CT molecular complexity index is 657. The molecule has 136 valence electrons. The minimum absolute atomic E-state index is 0.114. The Labute approximate surface area is 150 Å². The normalized spacial score (nSPS) is 16.2. The second-order valence-electron chi connectivity index (χ2n) is 6.11. The van der Waals surface area contributed by atoms with Gasteiger partial charge < -0.3 is 9.64 Å². The monoisotopic (exact) mass is 370 g/mol. The quantitative estimate of drug-likeness (QED) is 0.603. The van der Waals surface area contributed by atoms with Crippen LogP contribution in [-0.2, 0) is 14.3 Å².